The number of carbonyl (C=O) groups is 1. The maximum Gasteiger partial charge on any atom is 0.216 e. The molecular weight excluding hydrogens is 300 g/mol. The summed E-state index contributed by atoms with van der Waals surface area (Å²) in [6.07, 6.45) is 1.73. The van der Waals surface area contributed by atoms with Crippen molar-refractivity contribution in [2.45, 2.75) is 0 Å². The van der Waals surface area contributed by atoms with Crippen molar-refractivity contribution in [3.8, 4) is 0 Å². The van der Waals surface area contributed by atoms with Gasteiger partial charge in [-0.1, -0.05) is 11.6 Å². The number of halogens is 2. The SMILES string of the molecule is Cn1cc(Br)c(C(=O)c2ccsc2Cl)n1. The maximum absolute atomic E-state index is 12.0. The fourth-order valence-electron chi connectivity index (χ4n) is 1.20. The summed E-state index contributed by atoms with van der Waals surface area (Å²) in [5, 5.41) is 5.86. The number of thiophene rings is 1. The van der Waals surface area contributed by atoms with Gasteiger partial charge in [0.2, 0.25) is 5.78 Å². The smallest absolute Gasteiger partial charge is 0.216 e. The summed E-state index contributed by atoms with van der Waals surface area (Å²) in [7, 11) is 1.76. The number of hydrogen-bond acceptors (Lipinski definition) is 3. The first-order valence-electron chi connectivity index (χ1n) is 4.06. The second-order valence-corrected chi connectivity index (χ2v) is 5.31. The molecule has 2 rings (SSSR count). The zero-order valence-corrected chi connectivity index (χ0v) is 10.9. The van der Waals surface area contributed by atoms with E-state index in [2.05, 4.69) is 21.0 Å². The molecule has 0 fully saturated rings. The van der Waals surface area contributed by atoms with Gasteiger partial charge in [0.1, 0.15) is 10.0 Å². The molecule has 0 saturated carbocycles. The lowest BCUT2D eigenvalue weighted by atomic mass is 10.2. The summed E-state index contributed by atoms with van der Waals surface area (Å²) >= 11 is 10.5. The van der Waals surface area contributed by atoms with E-state index in [1.807, 2.05) is 0 Å². The Kier molecular flexibility index (Phi) is 2.95. The lowest BCUT2D eigenvalue weighted by Crippen LogP contribution is -2.03. The van der Waals surface area contributed by atoms with Crippen molar-refractivity contribution in [1.82, 2.24) is 9.78 Å². The van der Waals surface area contributed by atoms with E-state index in [0.717, 1.165) is 0 Å². The normalized spacial score (nSPS) is 10.6. The van der Waals surface area contributed by atoms with Crippen LogP contribution in [-0.4, -0.2) is 15.6 Å². The molecule has 0 aliphatic rings. The predicted octanol–water partition coefficient (Wildman–Crippen LogP) is 3.13. The van der Waals surface area contributed by atoms with Gasteiger partial charge in [0.15, 0.2) is 0 Å². The van der Waals surface area contributed by atoms with Crippen molar-refractivity contribution < 1.29 is 4.79 Å². The molecule has 0 saturated heterocycles. The van der Waals surface area contributed by atoms with Gasteiger partial charge >= 0.3 is 0 Å². The number of nitrogens with zero attached hydrogens (tertiary/aromatic N) is 2. The quantitative estimate of drug-likeness (QED) is 0.799. The summed E-state index contributed by atoms with van der Waals surface area (Å²) < 4.78 is 2.76. The molecule has 15 heavy (non-hydrogen) atoms. The van der Waals surface area contributed by atoms with Gasteiger partial charge in [-0.05, 0) is 27.4 Å². The van der Waals surface area contributed by atoms with Gasteiger partial charge in [0, 0.05) is 13.2 Å². The van der Waals surface area contributed by atoms with E-state index in [1.165, 1.54) is 11.3 Å². The van der Waals surface area contributed by atoms with Crippen LogP contribution in [0.2, 0.25) is 4.34 Å². The van der Waals surface area contributed by atoms with Crippen LogP contribution in [0.25, 0.3) is 0 Å². The summed E-state index contributed by atoms with van der Waals surface area (Å²) in [5.41, 5.74) is 0.888. The van der Waals surface area contributed by atoms with Crippen LogP contribution < -0.4 is 0 Å². The molecule has 0 atom stereocenters. The first kappa shape index (κ1) is 10.9. The molecule has 0 unspecified atom stereocenters. The van der Waals surface area contributed by atoms with Crippen molar-refractivity contribution in [2.75, 3.05) is 0 Å². The van der Waals surface area contributed by atoms with Gasteiger partial charge in [-0.3, -0.25) is 9.48 Å². The molecule has 0 amide bonds. The van der Waals surface area contributed by atoms with Crippen molar-refractivity contribution >= 4 is 44.7 Å². The zero-order chi connectivity index (χ0) is 11.0. The number of hydrogen-bond donors (Lipinski definition) is 0. The average Bonchev–Trinajstić information content (AvgIpc) is 2.71. The highest BCUT2D eigenvalue weighted by Gasteiger charge is 2.19. The molecule has 0 aliphatic carbocycles. The van der Waals surface area contributed by atoms with Crippen LogP contribution in [0.5, 0.6) is 0 Å². The molecule has 0 aromatic carbocycles. The third-order valence-corrected chi connectivity index (χ3v) is 3.61. The lowest BCUT2D eigenvalue weighted by Gasteiger charge is -1.94. The second-order valence-electron chi connectivity index (χ2n) is 2.94. The monoisotopic (exact) mass is 304 g/mol. The molecule has 2 aromatic rings. The summed E-state index contributed by atoms with van der Waals surface area (Å²) in [4.78, 5) is 12.0. The van der Waals surface area contributed by atoms with E-state index >= 15 is 0 Å². The molecule has 0 N–H and O–H groups in total. The van der Waals surface area contributed by atoms with Crippen molar-refractivity contribution in [3.05, 3.63) is 37.7 Å². The third kappa shape index (κ3) is 2.00. The van der Waals surface area contributed by atoms with Gasteiger partial charge in [-0.2, -0.15) is 5.10 Å². The molecule has 2 aromatic heterocycles. The minimum absolute atomic E-state index is 0.159. The summed E-state index contributed by atoms with van der Waals surface area (Å²) in [6, 6.07) is 1.70. The second kappa shape index (κ2) is 4.08. The molecule has 3 nitrogen and oxygen atoms in total. The standard InChI is InChI=1S/C9H6BrClN2OS/c1-13-4-6(10)7(12-13)8(14)5-2-3-15-9(5)11/h2-4H,1H3. The maximum atomic E-state index is 12.0. The lowest BCUT2D eigenvalue weighted by molar-refractivity contribution is 0.103. The Hall–Kier alpha value is -0.650. The van der Waals surface area contributed by atoms with E-state index in [9.17, 15) is 4.79 Å². The van der Waals surface area contributed by atoms with E-state index in [1.54, 1.807) is 29.4 Å². The van der Waals surface area contributed by atoms with E-state index < -0.39 is 0 Å². The molecular formula is C9H6BrClN2OS. The average molecular weight is 306 g/mol. The number of aryl methyl sites for hydroxylation is 1. The zero-order valence-electron chi connectivity index (χ0n) is 7.70. The Balaban J connectivity index is 2.45. The molecule has 0 aliphatic heterocycles. The first-order chi connectivity index (χ1) is 7.09. The Bertz CT molecular complexity index is 520. The van der Waals surface area contributed by atoms with Crippen LogP contribution >= 0.6 is 38.9 Å². The molecule has 0 spiro atoms. The van der Waals surface area contributed by atoms with E-state index in [4.69, 9.17) is 11.6 Å². The highest BCUT2D eigenvalue weighted by molar-refractivity contribution is 9.10. The summed E-state index contributed by atoms with van der Waals surface area (Å²) in [5.74, 6) is -0.159. The van der Waals surface area contributed by atoms with Gasteiger partial charge < -0.3 is 0 Å². The van der Waals surface area contributed by atoms with Gasteiger partial charge in [-0.25, -0.2) is 0 Å². The largest absolute Gasteiger partial charge is 0.287 e. The van der Waals surface area contributed by atoms with Crippen molar-refractivity contribution in [2.24, 2.45) is 7.05 Å². The Morgan fingerprint density at radius 1 is 1.67 bits per heavy atom. The number of rotatable bonds is 2. The minimum atomic E-state index is -0.159. The van der Waals surface area contributed by atoms with Crippen LogP contribution in [0.15, 0.2) is 22.1 Å². The van der Waals surface area contributed by atoms with Crippen LogP contribution in [0.4, 0.5) is 0 Å². The number of carbonyl (C=O) groups excluding carboxylic acids is 1. The summed E-state index contributed by atoms with van der Waals surface area (Å²) in [6.45, 7) is 0. The molecule has 0 radical (unpaired) electrons. The Morgan fingerprint density at radius 2 is 2.40 bits per heavy atom. The van der Waals surface area contributed by atoms with Crippen molar-refractivity contribution in [3.63, 3.8) is 0 Å². The topological polar surface area (TPSA) is 34.9 Å². The van der Waals surface area contributed by atoms with Gasteiger partial charge in [-0.15, -0.1) is 11.3 Å². The third-order valence-electron chi connectivity index (χ3n) is 1.86. The highest BCUT2D eigenvalue weighted by Crippen LogP contribution is 2.27. The van der Waals surface area contributed by atoms with E-state index in [-0.39, 0.29) is 5.78 Å². The molecule has 78 valence electrons. The first-order valence-corrected chi connectivity index (χ1v) is 6.11. The van der Waals surface area contributed by atoms with Crippen molar-refractivity contribution in [1.29, 1.82) is 0 Å². The fraction of sp³-hybridized carbons (Fsp3) is 0.111. The fourth-order valence-corrected chi connectivity index (χ4v) is 2.67. The van der Waals surface area contributed by atoms with Crippen LogP contribution in [-0.2, 0) is 7.05 Å². The number of aromatic nitrogens is 2. The molecule has 0 bridgehead atoms. The van der Waals surface area contributed by atoms with Gasteiger partial charge in [0.05, 0.1) is 10.0 Å². The molecule has 2 heterocycles. The van der Waals surface area contributed by atoms with Crippen LogP contribution in [0.1, 0.15) is 16.1 Å². The van der Waals surface area contributed by atoms with Crippen LogP contribution in [0, 0.1) is 0 Å². The van der Waals surface area contributed by atoms with E-state index in [0.29, 0.717) is 20.1 Å². The minimum Gasteiger partial charge on any atom is -0.287 e. The molecule has 6 heteroatoms. The predicted molar refractivity (Wildman–Crippen MR) is 63.7 cm³/mol. The van der Waals surface area contributed by atoms with Gasteiger partial charge in [0.25, 0.3) is 0 Å². The highest BCUT2D eigenvalue weighted by atomic mass is 79.9. The van der Waals surface area contributed by atoms with Crippen LogP contribution in [0.3, 0.4) is 0 Å². The Morgan fingerprint density at radius 3 is 2.87 bits per heavy atom. The number of ketones is 1. The Labute approximate surface area is 104 Å².